The van der Waals surface area contributed by atoms with Gasteiger partial charge in [-0.3, -0.25) is 24.6 Å². The van der Waals surface area contributed by atoms with E-state index in [9.17, 15) is 14.4 Å². The van der Waals surface area contributed by atoms with Crippen LogP contribution in [0.5, 0.6) is 0 Å². The standard InChI is InChI=1S/C20H24N4O4S2/c25-15-12-13(18(26)21-4-2-5-24-6-8-28-9-7-24)11-14-17(15)30-20(22-14)23-19(27)16-3-1-10-29-16/h1,3,10,13H,2,4-9,11-12H2,(H,21,26)(H,22,23,27). The Hall–Kier alpha value is -2.14. The van der Waals surface area contributed by atoms with Gasteiger partial charge in [0.2, 0.25) is 5.91 Å². The number of nitrogens with zero attached hydrogens (tertiary/aromatic N) is 2. The molecule has 1 aliphatic carbocycles. The number of thiazole rings is 1. The maximum Gasteiger partial charge on any atom is 0.267 e. The maximum absolute atomic E-state index is 12.6. The normalized spacial score (nSPS) is 19.3. The molecular formula is C20H24N4O4S2. The fourth-order valence-electron chi connectivity index (χ4n) is 3.62. The lowest BCUT2D eigenvalue weighted by Gasteiger charge is -2.26. The van der Waals surface area contributed by atoms with Crippen LogP contribution < -0.4 is 10.6 Å². The number of fused-ring (bicyclic) bond motifs is 1. The van der Waals surface area contributed by atoms with Crippen LogP contribution in [-0.4, -0.2) is 66.9 Å². The number of hydrogen-bond donors (Lipinski definition) is 2. The minimum absolute atomic E-state index is 0.0844. The van der Waals surface area contributed by atoms with E-state index in [-0.39, 0.29) is 24.0 Å². The molecule has 0 saturated carbocycles. The molecule has 2 aromatic heterocycles. The second-order valence-corrected chi connectivity index (χ2v) is 9.30. The molecule has 2 aromatic rings. The fourth-order valence-corrected chi connectivity index (χ4v) is 5.17. The number of ketones is 1. The molecule has 1 aliphatic heterocycles. The predicted molar refractivity (Wildman–Crippen MR) is 115 cm³/mol. The highest BCUT2D eigenvalue weighted by molar-refractivity contribution is 7.18. The molecule has 10 heteroatoms. The molecule has 1 saturated heterocycles. The highest BCUT2D eigenvalue weighted by Crippen LogP contribution is 2.32. The summed E-state index contributed by atoms with van der Waals surface area (Å²) in [5, 5.41) is 7.94. The molecule has 0 spiro atoms. The SMILES string of the molecule is O=C(Nc1nc2c(s1)C(=O)CC(C(=O)NCCCN1CCOCC1)C2)c1cccs1. The Labute approximate surface area is 182 Å². The maximum atomic E-state index is 12.6. The number of carbonyl (C=O) groups is 3. The van der Waals surface area contributed by atoms with Crippen molar-refractivity contribution < 1.29 is 19.1 Å². The van der Waals surface area contributed by atoms with Crippen molar-refractivity contribution in [3.63, 3.8) is 0 Å². The summed E-state index contributed by atoms with van der Waals surface area (Å²) in [6.07, 6.45) is 1.47. The first-order valence-electron chi connectivity index (χ1n) is 10.1. The molecule has 0 bridgehead atoms. The summed E-state index contributed by atoms with van der Waals surface area (Å²) in [5.74, 6) is -0.832. The van der Waals surface area contributed by atoms with Crippen molar-refractivity contribution in [1.82, 2.24) is 15.2 Å². The average molecular weight is 449 g/mol. The number of hydrogen-bond acceptors (Lipinski definition) is 8. The number of morpholine rings is 1. The van der Waals surface area contributed by atoms with Crippen LogP contribution in [0.15, 0.2) is 17.5 Å². The Morgan fingerprint density at radius 1 is 1.27 bits per heavy atom. The van der Waals surface area contributed by atoms with Crippen LogP contribution in [0.4, 0.5) is 5.13 Å². The number of Topliss-reactive ketones (excluding diaryl/α,β-unsaturated/α-hetero) is 1. The van der Waals surface area contributed by atoms with Crippen LogP contribution in [-0.2, 0) is 16.0 Å². The van der Waals surface area contributed by atoms with Gasteiger partial charge >= 0.3 is 0 Å². The Morgan fingerprint density at radius 3 is 2.87 bits per heavy atom. The second kappa shape index (κ2) is 9.78. The average Bonchev–Trinajstić information content (AvgIpc) is 3.42. The zero-order chi connectivity index (χ0) is 20.9. The van der Waals surface area contributed by atoms with Crippen molar-refractivity contribution in [2.45, 2.75) is 19.3 Å². The van der Waals surface area contributed by atoms with Crippen molar-refractivity contribution >= 4 is 45.4 Å². The molecular weight excluding hydrogens is 424 g/mol. The Kier molecular flexibility index (Phi) is 6.88. The van der Waals surface area contributed by atoms with Crippen molar-refractivity contribution in [2.24, 2.45) is 5.92 Å². The van der Waals surface area contributed by atoms with E-state index >= 15 is 0 Å². The molecule has 4 rings (SSSR count). The first kappa shape index (κ1) is 21.1. The largest absolute Gasteiger partial charge is 0.379 e. The van der Waals surface area contributed by atoms with Gasteiger partial charge in [0.15, 0.2) is 10.9 Å². The first-order chi connectivity index (χ1) is 14.6. The summed E-state index contributed by atoms with van der Waals surface area (Å²) in [6, 6.07) is 3.54. The van der Waals surface area contributed by atoms with Crippen LogP contribution in [0.2, 0.25) is 0 Å². The molecule has 1 atom stereocenters. The number of aromatic nitrogens is 1. The van der Waals surface area contributed by atoms with Crippen molar-refractivity contribution in [3.05, 3.63) is 33.0 Å². The zero-order valence-electron chi connectivity index (χ0n) is 16.5. The van der Waals surface area contributed by atoms with E-state index in [1.165, 1.54) is 22.7 Å². The van der Waals surface area contributed by atoms with Gasteiger partial charge < -0.3 is 10.1 Å². The minimum atomic E-state index is -0.406. The lowest BCUT2D eigenvalue weighted by molar-refractivity contribution is -0.125. The number of thiophene rings is 1. The lowest BCUT2D eigenvalue weighted by Crippen LogP contribution is -2.39. The van der Waals surface area contributed by atoms with Gasteiger partial charge in [0.05, 0.1) is 34.6 Å². The van der Waals surface area contributed by atoms with Crippen LogP contribution in [0.25, 0.3) is 0 Å². The van der Waals surface area contributed by atoms with E-state index in [1.807, 2.05) is 5.38 Å². The number of amides is 2. The lowest BCUT2D eigenvalue weighted by atomic mass is 9.89. The smallest absolute Gasteiger partial charge is 0.267 e. The Morgan fingerprint density at radius 2 is 2.10 bits per heavy atom. The van der Waals surface area contributed by atoms with E-state index < -0.39 is 5.92 Å². The number of ether oxygens (including phenoxy) is 1. The molecule has 0 aromatic carbocycles. The van der Waals surface area contributed by atoms with Crippen molar-refractivity contribution in [3.8, 4) is 0 Å². The van der Waals surface area contributed by atoms with E-state index in [2.05, 4.69) is 20.5 Å². The summed E-state index contributed by atoms with van der Waals surface area (Å²) in [7, 11) is 0. The van der Waals surface area contributed by atoms with Gasteiger partial charge in [0.25, 0.3) is 5.91 Å². The van der Waals surface area contributed by atoms with Gasteiger partial charge in [-0.2, -0.15) is 0 Å². The van der Waals surface area contributed by atoms with Crippen molar-refractivity contribution in [1.29, 1.82) is 0 Å². The Balaban J connectivity index is 1.28. The molecule has 2 amide bonds. The van der Waals surface area contributed by atoms with Gasteiger partial charge in [-0.25, -0.2) is 4.98 Å². The summed E-state index contributed by atoms with van der Waals surface area (Å²) >= 11 is 2.53. The summed E-state index contributed by atoms with van der Waals surface area (Å²) in [6.45, 7) is 4.92. The third-order valence-corrected chi connectivity index (χ3v) is 7.14. The van der Waals surface area contributed by atoms with Gasteiger partial charge in [-0.1, -0.05) is 17.4 Å². The molecule has 3 heterocycles. The topological polar surface area (TPSA) is 101 Å². The van der Waals surface area contributed by atoms with Gasteiger partial charge in [0, 0.05) is 32.5 Å². The summed E-state index contributed by atoms with van der Waals surface area (Å²) in [4.78, 5) is 45.2. The third kappa shape index (κ3) is 5.12. The summed E-state index contributed by atoms with van der Waals surface area (Å²) < 4.78 is 5.33. The predicted octanol–water partition coefficient (Wildman–Crippen LogP) is 2.04. The molecule has 0 radical (unpaired) electrons. The third-order valence-electron chi connectivity index (χ3n) is 5.21. The minimum Gasteiger partial charge on any atom is -0.379 e. The van der Waals surface area contributed by atoms with E-state index in [4.69, 9.17) is 4.74 Å². The molecule has 1 unspecified atom stereocenters. The van der Waals surface area contributed by atoms with E-state index in [0.29, 0.717) is 33.5 Å². The molecule has 1 fully saturated rings. The first-order valence-corrected chi connectivity index (χ1v) is 11.8. The monoisotopic (exact) mass is 448 g/mol. The van der Waals surface area contributed by atoms with E-state index in [0.717, 1.165) is 39.3 Å². The molecule has 160 valence electrons. The number of nitrogens with one attached hydrogen (secondary N) is 2. The van der Waals surface area contributed by atoms with Gasteiger partial charge in [0.1, 0.15) is 0 Å². The highest BCUT2D eigenvalue weighted by atomic mass is 32.1. The van der Waals surface area contributed by atoms with Crippen LogP contribution >= 0.6 is 22.7 Å². The Bertz CT molecular complexity index is 906. The van der Waals surface area contributed by atoms with Crippen LogP contribution in [0, 0.1) is 5.92 Å². The van der Waals surface area contributed by atoms with Crippen LogP contribution in [0.1, 0.15) is 37.9 Å². The second-order valence-electron chi connectivity index (χ2n) is 7.35. The zero-order valence-corrected chi connectivity index (χ0v) is 18.2. The summed E-state index contributed by atoms with van der Waals surface area (Å²) in [5.41, 5.74) is 0.603. The molecule has 30 heavy (non-hydrogen) atoms. The highest BCUT2D eigenvalue weighted by Gasteiger charge is 2.33. The van der Waals surface area contributed by atoms with Gasteiger partial charge in [-0.15, -0.1) is 11.3 Å². The van der Waals surface area contributed by atoms with Crippen molar-refractivity contribution in [2.75, 3.05) is 44.7 Å². The number of carbonyl (C=O) groups excluding carboxylic acids is 3. The van der Waals surface area contributed by atoms with E-state index in [1.54, 1.807) is 12.1 Å². The van der Waals surface area contributed by atoms with Crippen LogP contribution in [0.3, 0.4) is 0 Å². The van der Waals surface area contributed by atoms with Gasteiger partial charge in [-0.05, 0) is 24.4 Å². The number of rotatable bonds is 7. The molecule has 8 nitrogen and oxygen atoms in total. The fraction of sp³-hybridized carbons (Fsp3) is 0.500. The molecule has 2 N–H and O–H groups in total. The number of anilines is 1. The molecule has 2 aliphatic rings. The quantitative estimate of drug-likeness (QED) is 0.629.